The van der Waals surface area contributed by atoms with E-state index in [1.54, 1.807) is 4.90 Å². The van der Waals surface area contributed by atoms with Crippen molar-refractivity contribution in [1.29, 1.82) is 0 Å². The van der Waals surface area contributed by atoms with Gasteiger partial charge in [0.15, 0.2) is 5.17 Å². The number of benzene rings is 2. The number of hydrogen-bond donors (Lipinski definition) is 0. The Morgan fingerprint density at radius 3 is 2.24 bits per heavy atom. The molecule has 1 fully saturated rings. The highest BCUT2D eigenvalue weighted by Gasteiger charge is 2.32. The second kappa shape index (κ2) is 9.79. The topological polar surface area (TPSA) is 35.9 Å². The molecule has 5 heteroatoms. The lowest BCUT2D eigenvalue weighted by molar-refractivity contribution is -0.122. The number of carbonyl (C=O) groups excluding carboxylic acids is 1. The van der Waals surface area contributed by atoms with Gasteiger partial charge in [-0.2, -0.15) is 0 Å². The first-order valence-corrected chi connectivity index (χ1v) is 11.1. The van der Waals surface area contributed by atoms with Crippen LogP contribution in [-0.4, -0.2) is 35.6 Å². The van der Waals surface area contributed by atoms with Gasteiger partial charge in [0.1, 0.15) is 0 Å². The first-order chi connectivity index (χ1) is 14.0. The average molecular weight is 408 g/mol. The van der Waals surface area contributed by atoms with Crippen molar-refractivity contribution in [2.75, 3.05) is 24.5 Å². The normalized spacial score (nSPS) is 16.8. The second-order valence-electron chi connectivity index (χ2n) is 7.06. The number of rotatable bonds is 7. The van der Waals surface area contributed by atoms with Crippen LogP contribution < -0.4 is 4.90 Å². The highest BCUT2D eigenvalue weighted by molar-refractivity contribution is 8.18. The number of amides is 1. The number of amidine groups is 1. The first-order valence-electron chi connectivity index (χ1n) is 10.3. The molecule has 1 aliphatic rings. The molecular weight excluding hydrogens is 378 g/mol. The zero-order valence-corrected chi connectivity index (χ0v) is 18.5. The standard InChI is InChI=1S/C24H29N3OS/c1-5-16-27-23(28)22(29-24(27)25-20-12-8-18(4)9-13-20)17-19-10-14-21(15-11-19)26(6-2)7-3/h8-15,17H,5-7,16H2,1-4H3/b22-17+,25-24?. The van der Waals surface area contributed by atoms with Gasteiger partial charge in [-0.1, -0.05) is 36.8 Å². The maximum atomic E-state index is 13.0. The van der Waals surface area contributed by atoms with Gasteiger partial charge in [0, 0.05) is 25.3 Å². The molecule has 0 bridgehead atoms. The third-order valence-electron chi connectivity index (χ3n) is 4.91. The minimum atomic E-state index is 0.0375. The van der Waals surface area contributed by atoms with Crippen molar-refractivity contribution in [3.8, 4) is 0 Å². The van der Waals surface area contributed by atoms with Crippen LogP contribution in [0.15, 0.2) is 58.4 Å². The van der Waals surface area contributed by atoms with Crippen LogP contribution >= 0.6 is 11.8 Å². The summed E-state index contributed by atoms with van der Waals surface area (Å²) in [4.78, 5) is 22.5. The van der Waals surface area contributed by atoms with Crippen LogP contribution in [0.4, 0.5) is 11.4 Å². The summed E-state index contributed by atoms with van der Waals surface area (Å²) in [6, 6.07) is 16.5. The SMILES string of the molecule is CCCN1C(=O)/C(=C\c2ccc(N(CC)CC)cc2)SC1=Nc1ccc(C)cc1. The van der Waals surface area contributed by atoms with E-state index in [0.29, 0.717) is 6.54 Å². The molecule has 1 amide bonds. The zero-order chi connectivity index (χ0) is 20.8. The van der Waals surface area contributed by atoms with Crippen LogP contribution in [0.1, 0.15) is 38.3 Å². The molecule has 29 heavy (non-hydrogen) atoms. The molecule has 0 radical (unpaired) electrons. The largest absolute Gasteiger partial charge is 0.372 e. The van der Waals surface area contributed by atoms with Crippen molar-refractivity contribution in [2.24, 2.45) is 4.99 Å². The molecule has 0 aliphatic carbocycles. The predicted octanol–water partition coefficient (Wildman–Crippen LogP) is 5.86. The maximum absolute atomic E-state index is 13.0. The Morgan fingerprint density at radius 1 is 1.00 bits per heavy atom. The molecule has 152 valence electrons. The fourth-order valence-electron chi connectivity index (χ4n) is 3.26. The van der Waals surface area contributed by atoms with Crippen LogP contribution in [0.2, 0.25) is 0 Å². The molecule has 0 aromatic heterocycles. The Kier molecular flexibility index (Phi) is 7.15. The summed E-state index contributed by atoms with van der Waals surface area (Å²) in [5.74, 6) is 0.0375. The van der Waals surface area contributed by atoms with E-state index in [-0.39, 0.29) is 5.91 Å². The molecule has 1 saturated heterocycles. The van der Waals surface area contributed by atoms with Crippen LogP contribution in [0.25, 0.3) is 6.08 Å². The third-order valence-corrected chi connectivity index (χ3v) is 5.92. The summed E-state index contributed by atoms with van der Waals surface area (Å²) in [6.07, 6.45) is 2.87. The Bertz CT molecular complexity index is 897. The van der Waals surface area contributed by atoms with Gasteiger partial charge in [-0.15, -0.1) is 0 Å². The van der Waals surface area contributed by atoms with E-state index in [1.807, 2.05) is 30.3 Å². The Labute approximate surface area is 178 Å². The summed E-state index contributed by atoms with van der Waals surface area (Å²) in [7, 11) is 0. The average Bonchev–Trinajstić information content (AvgIpc) is 3.01. The van der Waals surface area contributed by atoms with Gasteiger partial charge in [0.05, 0.1) is 10.6 Å². The lowest BCUT2D eigenvalue weighted by Crippen LogP contribution is -2.29. The molecule has 0 spiro atoms. The van der Waals surface area contributed by atoms with E-state index in [0.717, 1.165) is 40.8 Å². The number of carbonyl (C=O) groups is 1. The molecule has 1 heterocycles. The Hall–Kier alpha value is -2.53. The maximum Gasteiger partial charge on any atom is 0.266 e. The molecule has 0 unspecified atom stereocenters. The van der Waals surface area contributed by atoms with Gasteiger partial charge in [-0.3, -0.25) is 9.69 Å². The first kappa shape index (κ1) is 21.2. The van der Waals surface area contributed by atoms with Crippen molar-refractivity contribution in [2.45, 2.75) is 34.1 Å². The van der Waals surface area contributed by atoms with E-state index >= 15 is 0 Å². The number of hydrogen-bond acceptors (Lipinski definition) is 4. The fraction of sp³-hybridized carbons (Fsp3) is 0.333. The van der Waals surface area contributed by atoms with Crippen molar-refractivity contribution >= 4 is 40.3 Å². The summed E-state index contributed by atoms with van der Waals surface area (Å²) >= 11 is 1.46. The molecule has 0 saturated carbocycles. The lowest BCUT2D eigenvalue weighted by atomic mass is 10.1. The van der Waals surface area contributed by atoms with E-state index in [2.05, 4.69) is 56.9 Å². The third kappa shape index (κ3) is 5.10. The van der Waals surface area contributed by atoms with Crippen molar-refractivity contribution in [3.63, 3.8) is 0 Å². The quantitative estimate of drug-likeness (QED) is 0.540. The Balaban J connectivity index is 1.86. The van der Waals surface area contributed by atoms with Crippen LogP contribution in [0.5, 0.6) is 0 Å². The number of aryl methyl sites for hydroxylation is 1. The molecule has 3 rings (SSSR count). The van der Waals surface area contributed by atoms with Gasteiger partial charge in [0.25, 0.3) is 5.91 Å². The molecular formula is C24H29N3OS. The highest BCUT2D eigenvalue weighted by Crippen LogP contribution is 2.34. The van der Waals surface area contributed by atoms with Crippen LogP contribution in [0.3, 0.4) is 0 Å². The highest BCUT2D eigenvalue weighted by atomic mass is 32.2. The summed E-state index contributed by atoms with van der Waals surface area (Å²) in [6.45, 7) is 11.1. The number of nitrogens with zero attached hydrogens (tertiary/aromatic N) is 3. The molecule has 0 atom stereocenters. The molecule has 4 nitrogen and oxygen atoms in total. The van der Waals surface area contributed by atoms with E-state index in [4.69, 9.17) is 4.99 Å². The van der Waals surface area contributed by atoms with Gasteiger partial charge in [0.2, 0.25) is 0 Å². The monoisotopic (exact) mass is 407 g/mol. The van der Waals surface area contributed by atoms with Crippen molar-refractivity contribution in [1.82, 2.24) is 4.90 Å². The molecule has 1 aliphatic heterocycles. The van der Waals surface area contributed by atoms with Gasteiger partial charge < -0.3 is 4.90 Å². The van der Waals surface area contributed by atoms with Gasteiger partial charge >= 0.3 is 0 Å². The van der Waals surface area contributed by atoms with Crippen molar-refractivity contribution < 1.29 is 4.79 Å². The molecule has 0 N–H and O–H groups in total. The number of thioether (sulfide) groups is 1. The molecule has 2 aromatic carbocycles. The van der Waals surface area contributed by atoms with Gasteiger partial charge in [-0.05, 0) is 74.9 Å². The molecule has 2 aromatic rings. The number of aliphatic imine (C=N–C) groups is 1. The van der Waals surface area contributed by atoms with Crippen LogP contribution in [-0.2, 0) is 4.79 Å². The summed E-state index contributed by atoms with van der Waals surface area (Å²) < 4.78 is 0. The lowest BCUT2D eigenvalue weighted by Gasteiger charge is -2.20. The smallest absolute Gasteiger partial charge is 0.266 e. The number of anilines is 1. The Morgan fingerprint density at radius 2 is 1.66 bits per heavy atom. The fourth-order valence-corrected chi connectivity index (χ4v) is 4.29. The summed E-state index contributed by atoms with van der Waals surface area (Å²) in [5, 5.41) is 0.756. The summed E-state index contributed by atoms with van der Waals surface area (Å²) in [5.41, 5.74) is 4.31. The van der Waals surface area contributed by atoms with Crippen molar-refractivity contribution in [3.05, 3.63) is 64.6 Å². The zero-order valence-electron chi connectivity index (χ0n) is 17.7. The minimum Gasteiger partial charge on any atom is -0.372 e. The predicted molar refractivity (Wildman–Crippen MR) is 126 cm³/mol. The van der Waals surface area contributed by atoms with E-state index in [9.17, 15) is 4.79 Å². The van der Waals surface area contributed by atoms with E-state index in [1.165, 1.54) is 23.0 Å². The minimum absolute atomic E-state index is 0.0375. The van der Waals surface area contributed by atoms with E-state index < -0.39 is 0 Å². The van der Waals surface area contributed by atoms with Gasteiger partial charge in [-0.25, -0.2) is 4.99 Å². The second-order valence-corrected chi connectivity index (χ2v) is 8.07. The van der Waals surface area contributed by atoms with Crippen LogP contribution in [0, 0.1) is 6.92 Å².